The molecule has 0 spiro atoms. The first kappa shape index (κ1) is 19.5. The van der Waals surface area contributed by atoms with Gasteiger partial charge in [-0.3, -0.25) is 4.79 Å². The molecule has 0 unspecified atom stereocenters. The maximum absolute atomic E-state index is 11.1. The average Bonchev–Trinajstić information content (AvgIpc) is 2.38. The van der Waals surface area contributed by atoms with Gasteiger partial charge in [0.1, 0.15) is 18.3 Å². The Morgan fingerprint density at radius 1 is 1.23 bits per heavy atom. The second kappa shape index (κ2) is 8.37. The highest BCUT2D eigenvalue weighted by atomic mass is 28.3. The van der Waals surface area contributed by atoms with E-state index in [0.717, 1.165) is 6.04 Å². The molecule has 1 rings (SSSR count). The van der Waals surface area contributed by atoms with Crippen LogP contribution in [0.2, 0.25) is 25.7 Å². The highest BCUT2D eigenvalue weighted by molar-refractivity contribution is 6.76. The number of hydrogen-bond acceptors (Lipinski definition) is 7. The Hall–Kier alpha value is -0.513. The molecule has 2 N–H and O–H groups in total. The van der Waals surface area contributed by atoms with E-state index in [9.17, 15) is 15.0 Å². The standard InChI is InChI=1S/C14H28O7Si/c1-9(15)20-13-10(8-18-2)21-14(12(17)11(13)16)19-6-7-22(3,4)5/h10-14,16-17H,6-8H2,1-5H3/t10-,11-,12-,13-,14+/m1/s1. The molecule has 22 heavy (non-hydrogen) atoms. The Morgan fingerprint density at radius 3 is 2.36 bits per heavy atom. The zero-order valence-corrected chi connectivity index (χ0v) is 14.9. The predicted octanol–water partition coefficient (Wildman–Crippen LogP) is 0.366. The molecule has 0 amide bonds. The molecule has 0 aromatic heterocycles. The van der Waals surface area contributed by atoms with Gasteiger partial charge in [0.05, 0.1) is 6.61 Å². The molecular weight excluding hydrogens is 308 g/mol. The number of ether oxygens (including phenoxy) is 4. The normalized spacial score (nSPS) is 32.8. The zero-order valence-electron chi connectivity index (χ0n) is 13.9. The summed E-state index contributed by atoms with van der Waals surface area (Å²) in [4.78, 5) is 11.1. The van der Waals surface area contributed by atoms with Crippen molar-refractivity contribution in [2.45, 2.75) is 63.3 Å². The van der Waals surface area contributed by atoms with Crippen molar-refractivity contribution < 1.29 is 34.0 Å². The maximum atomic E-state index is 11.1. The van der Waals surface area contributed by atoms with Gasteiger partial charge in [0, 0.05) is 28.7 Å². The number of rotatable bonds is 7. The first-order valence-corrected chi connectivity index (χ1v) is 11.2. The third-order valence-corrected chi connectivity index (χ3v) is 5.11. The monoisotopic (exact) mass is 336 g/mol. The fourth-order valence-corrected chi connectivity index (χ4v) is 2.89. The lowest BCUT2D eigenvalue weighted by Crippen LogP contribution is -2.60. The minimum Gasteiger partial charge on any atom is -0.457 e. The van der Waals surface area contributed by atoms with Crippen LogP contribution in [-0.4, -0.2) is 75.3 Å². The molecule has 0 saturated carbocycles. The molecule has 0 aliphatic carbocycles. The number of aliphatic hydroxyl groups excluding tert-OH is 2. The molecule has 5 atom stereocenters. The SMILES string of the molecule is COC[C@H]1O[C@H](OCC[Si](C)(C)C)[C@H](O)[C@@H](O)[C@@H]1OC(C)=O. The van der Waals surface area contributed by atoms with Crippen LogP contribution in [0.15, 0.2) is 0 Å². The highest BCUT2D eigenvalue weighted by Gasteiger charge is 2.47. The van der Waals surface area contributed by atoms with E-state index in [0.29, 0.717) is 6.61 Å². The van der Waals surface area contributed by atoms with Crippen LogP contribution >= 0.6 is 0 Å². The number of esters is 1. The molecule has 0 radical (unpaired) electrons. The Labute approximate surface area is 132 Å². The lowest BCUT2D eigenvalue weighted by Gasteiger charge is -2.41. The van der Waals surface area contributed by atoms with Gasteiger partial charge in [-0.15, -0.1) is 0 Å². The van der Waals surface area contributed by atoms with Gasteiger partial charge in [0.2, 0.25) is 0 Å². The molecule has 1 aliphatic rings. The summed E-state index contributed by atoms with van der Waals surface area (Å²) in [5.41, 5.74) is 0. The molecule has 0 aromatic rings. The Balaban J connectivity index is 2.68. The van der Waals surface area contributed by atoms with Crippen molar-refractivity contribution in [3.05, 3.63) is 0 Å². The molecule has 7 nitrogen and oxygen atoms in total. The largest absolute Gasteiger partial charge is 0.457 e. The van der Waals surface area contributed by atoms with Crippen molar-refractivity contribution in [1.29, 1.82) is 0 Å². The summed E-state index contributed by atoms with van der Waals surface area (Å²) < 4.78 is 21.3. The molecule has 0 aromatic carbocycles. The van der Waals surface area contributed by atoms with E-state index in [1.165, 1.54) is 14.0 Å². The minimum atomic E-state index is -1.28. The number of methoxy groups -OCH3 is 1. The van der Waals surface area contributed by atoms with Gasteiger partial charge < -0.3 is 29.2 Å². The third kappa shape index (κ3) is 5.94. The van der Waals surface area contributed by atoms with Crippen LogP contribution in [0, 0.1) is 0 Å². The Morgan fingerprint density at radius 2 is 1.86 bits per heavy atom. The molecule has 1 saturated heterocycles. The van der Waals surface area contributed by atoms with Crippen LogP contribution in [0.1, 0.15) is 6.92 Å². The van der Waals surface area contributed by atoms with Crippen molar-refractivity contribution in [3.63, 3.8) is 0 Å². The van der Waals surface area contributed by atoms with Crippen LogP contribution in [0.4, 0.5) is 0 Å². The molecule has 0 bridgehead atoms. The lowest BCUT2D eigenvalue weighted by atomic mass is 9.99. The van der Waals surface area contributed by atoms with Crippen LogP contribution in [0.25, 0.3) is 0 Å². The van der Waals surface area contributed by atoms with Gasteiger partial charge in [-0.05, 0) is 6.04 Å². The topological polar surface area (TPSA) is 94.5 Å². The van der Waals surface area contributed by atoms with Gasteiger partial charge in [0.15, 0.2) is 12.4 Å². The molecule has 130 valence electrons. The summed E-state index contributed by atoms with van der Waals surface area (Å²) >= 11 is 0. The van der Waals surface area contributed by atoms with E-state index in [1.54, 1.807) is 0 Å². The summed E-state index contributed by atoms with van der Waals surface area (Å²) in [7, 11) is 0.212. The second-order valence-corrected chi connectivity index (χ2v) is 12.4. The third-order valence-electron chi connectivity index (χ3n) is 3.41. The van der Waals surface area contributed by atoms with Crippen molar-refractivity contribution >= 4 is 14.0 Å². The quantitative estimate of drug-likeness (QED) is 0.512. The van der Waals surface area contributed by atoms with Crippen LogP contribution in [0.5, 0.6) is 0 Å². The van der Waals surface area contributed by atoms with Crippen LogP contribution < -0.4 is 0 Å². The van der Waals surface area contributed by atoms with Crippen molar-refractivity contribution in [3.8, 4) is 0 Å². The number of hydrogen-bond donors (Lipinski definition) is 2. The maximum Gasteiger partial charge on any atom is 0.303 e. The molecule has 8 heteroatoms. The van der Waals surface area contributed by atoms with Crippen molar-refractivity contribution in [2.75, 3.05) is 20.3 Å². The minimum absolute atomic E-state index is 0.121. The van der Waals surface area contributed by atoms with Crippen LogP contribution in [-0.2, 0) is 23.7 Å². The zero-order chi connectivity index (χ0) is 16.9. The summed E-state index contributed by atoms with van der Waals surface area (Å²) in [6.07, 6.45) is -5.19. The van der Waals surface area contributed by atoms with Gasteiger partial charge in [-0.1, -0.05) is 19.6 Å². The van der Waals surface area contributed by atoms with Gasteiger partial charge >= 0.3 is 5.97 Å². The van der Waals surface area contributed by atoms with E-state index in [1.807, 2.05) is 0 Å². The van der Waals surface area contributed by atoms with E-state index in [-0.39, 0.29) is 6.61 Å². The van der Waals surface area contributed by atoms with Crippen molar-refractivity contribution in [2.24, 2.45) is 0 Å². The Kier molecular flexibility index (Phi) is 7.43. The van der Waals surface area contributed by atoms with E-state index in [2.05, 4.69) is 19.6 Å². The second-order valence-electron chi connectivity index (χ2n) is 6.73. The number of carbonyl (C=O) groups is 1. The average molecular weight is 336 g/mol. The summed E-state index contributed by atoms with van der Waals surface area (Å²) in [5, 5.41) is 20.3. The first-order valence-electron chi connectivity index (χ1n) is 7.45. The number of carbonyl (C=O) groups excluding carboxylic acids is 1. The van der Waals surface area contributed by atoms with Crippen LogP contribution in [0.3, 0.4) is 0 Å². The highest BCUT2D eigenvalue weighted by Crippen LogP contribution is 2.25. The molecular formula is C14H28O7Si. The fraction of sp³-hybridized carbons (Fsp3) is 0.929. The number of aliphatic hydroxyl groups is 2. The molecule has 1 aliphatic heterocycles. The summed E-state index contributed by atoms with van der Waals surface area (Å²) in [6.45, 7) is 8.45. The van der Waals surface area contributed by atoms with E-state index in [4.69, 9.17) is 18.9 Å². The fourth-order valence-electron chi connectivity index (χ4n) is 2.16. The molecule has 1 fully saturated rings. The lowest BCUT2D eigenvalue weighted by molar-refractivity contribution is -0.303. The van der Waals surface area contributed by atoms with Gasteiger partial charge in [-0.2, -0.15) is 0 Å². The van der Waals surface area contributed by atoms with Gasteiger partial charge in [0.25, 0.3) is 0 Å². The van der Waals surface area contributed by atoms with E-state index < -0.39 is 44.7 Å². The first-order chi connectivity index (χ1) is 10.2. The summed E-state index contributed by atoms with van der Waals surface area (Å²) in [6, 6.07) is 0.915. The smallest absolute Gasteiger partial charge is 0.303 e. The molecule has 1 heterocycles. The van der Waals surface area contributed by atoms with Crippen molar-refractivity contribution in [1.82, 2.24) is 0 Å². The van der Waals surface area contributed by atoms with Gasteiger partial charge in [-0.25, -0.2) is 0 Å². The summed E-state index contributed by atoms with van der Waals surface area (Å²) in [5.74, 6) is -0.556. The predicted molar refractivity (Wildman–Crippen MR) is 82.2 cm³/mol. The Bertz CT molecular complexity index is 358. The van der Waals surface area contributed by atoms with E-state index >= 15 is 0 Å².